The molecule has 0 aromatic heterocycles. The molecule has 1 heterocycles. The van der Waals surface area contributed by atoms with E-state index in [0.717, 1.165) is 6.26 Å². The fourth-order valence-corrected chi connectivity index (χ4v) is 3.13. The summed E-state index contributed by atoms with van der Waals surface area (Å²) < 4.78 is 29.2. The van der Waals surface area contributed by atoms with Crippen LogP contribution in [0.15, 0.2) is 0 Å². The zero-order valence-electron chi connectivity index (χ0n) is 14.4. The van der Waals surface area contributed by atoms with Gasteiger partial charge in [-0.15, -0.1) is 0 Å². The lowest BCUT2D eigenvalue weighted by molar-refractivity contribution is -0.159. The van der Waals surface area contributed by atoms with Crippen molar-refractivity contribution in [2.45, 2.75) is 45.8 Å². The molecular weight excluding hydrogens is 338 g/mol. The van der Waals surface area contributed by atoms with Gasteiger partial charge >= 0.3 is 12.0 Å². The number of amides is 3. The Morgan fingerprint density at radius 3 is 2.12 bits per heavy atom. The summed E-state index contributed by atoms with van der Waals surface area (Å²) in [4.78, 5) is 35.3. The highest BCUT2D eigenvalue weighted by Gasteiger charge is 2.31. The van der Waals surface area contributed by atoms with Crippen LogP contribution in [-0.4, -0.2) is 62.1 Å². The second kappa shape index (κ2) is 8.43. The first-order valence-corrected chi connectivity index (χ1v) is 9.62. The molecule has 0 radical (unpaired) electrons. The van der Waals surface area contributed by atoms with Gasteiger partial charge in [0.15, 0.2) is 6.10 Å². The molecule has 0 spiro atoms. The summed E-state index contributed by atoms with van der Waals surface area (Å²) in [5.74, 6) is -1.73. The highest BCUT2D eigenvalue weighted by molar-refractivity contribution is 7.88. The lowest BCUT2D eigenvalue weighted by Crippen LogP contribution is -2.47. The maximum absolute atomic E-state index is 12.1. The predicted molar refractivity (Wildman–Crippen MR) is 86.5 cm³/mol. The summed E-state index contributed by atoms with van der Waals surface area (Å²) in [6.07, 6.45) is 0.700. The van der Waals surface area contributed by atoms with E-state index >= 15 is 0 Å². The Morgan fingerprint density at radius 2 is 1.67 bits per heavy atom. The number of imide groups is 1. The van der Waals surface area contributed by atoms with Crippen LogP contribution in [0, 0.1) is 5.92 Å². The van der Waals surface area contributed by atoms with Crippen LogP contribution in [0.25, 0.3) is 0 Å². The second-order valence-corrected chi connectivity index (χ2v) is 8.12. The number of sulfonamides is 1. The van der Waals surface area contributed by atoms with Gasteiger partial charge in [-0.2, -0.15) is 0 Å². The molecule has 10 heteroatoms. The summed E-state index contributed by atoms with van der Waals surface area (Å²) in [7, 11) is -3.26. The number of nitrogens with zero attached hydrogens (tertiary/aromatic N) is 1. The van der Waals surface area contributed by atoms with Crippen molar-refractivity contribution in [1.29, 1.82) is 0 Å². The molecule has 138 valence electrons. The van der Waals surface area contributed by atoms with E-state index < -0.39 is 40.0 Å². The van der Waals surface area contributed by atoms with Crippen LogP contribution in [-0.2, 0) is 24.3 Å². The number of rotatable bonds is 5. The molecule has 1 rings (SSSR count). The Hall–Kier alpha value is -1.68. The molecule has 1 atom stereocenters. The number of piperidine rings is 1. The number of carbonyl (C=O) groups is 3. The van der Waals surface area contributed by atoms with Crippen LogP contribution in [0.5, 0.6) is 0 Å². The van der Waals surface area contributed by atoms with Gasteiger partial charge in [0.05, 0.1) is 12.2 Å². The Labute approximate surface area is 142 Å². The van der Waals surface area contributed by atoms with E-state index in [1.807, 2.05) is 0 Å². The molecule has 0 bridgehead atoms. The quantitative estimate of drug-likeness (QED) is 0.654. The third-order valence-electron chi connectivity index (χ3n) is 3.57. The van der Waals surface area contributed by atoms with Gasteiger partial charge in [0.25, 0.3) is 5.91 Å². The van der Waals surface area contributed by atoms with Gasteiger partial charge in [-0.1, -0.05) is 0 Å². The summed E-state index contributed by atoms with van der Waals surface area (Å²) in [6, 6.07) is -0.782. The molecule has 0 aromatic carbocycles. The van der Waals surface area contributed by atoms with Crippen molar-refractivity contribution in [3.05, 3.63) is 0 Å². The SMILES string of the molecule is CC(C)NC(=O)NC(=O)C(C)OC(=O)C1CCN(S(C)(=O)=O)CC1. The molecule has 24 heavy (non-hydrogen) atoms. The maximum Gasteiger partial charge on any atom is 0.321 e. The second-order valence-electron chi connectivity index (χ2n) is 6.13. The minimum absolute atomic E-state index is 0.129. The Kier molecular flexibility index (Phi) is 7.15. The molecule has 1 aliphatic heterocycles. The fourth-order valence-electron chi connectivity index (χ4n) is 2.26. The summed E-state index contributed by atoms with van der Waals surface area (Å²) in [5, 5.41) is 4.58. The van der Waals surface area contributed by atoms with Crippen molar-refractivity contribution in [3.63, 3.8) is 0 Å². The Bertz CT molecular complexity index is 581. The third kappa shape index (κ3) is 6.44. The van der Waals surface area contributed by atoms with E-state index in [-0.39, 0.29) is 19.1 Å². The van der Waals surface area contributed by atoms with Crippen molar-refractivity contribution >= 4 is 27.9 Å². The highest BCUT2D eigenvalue weighted by atomic mass is 32.2. The van der Waals surface area contributed by atoms with Crippen molar-refractivity contribution < 1.29 is 27.5 Å². The molecule has 1 aliphatic rings. The van der Waals surface area contributed by atoms with Crippen LogP contribution < -0.4 is 10.6 Å². The molecule has 0 aromatic rings. The van der Waals surface area contributed by atoms with Crippen LogP contribution in [0.3, 0.4) is 0 Å². The average molecular weight is 363 g/mol. The van der Waals surface area contributed by atoms with E-state index in [2.05, 4.69) is 10.6 Å². The lowest BCUT2D eigenvalue weighted by atomic mass is 9.98. The van der Waals surface area contributed by atoms with Crippen LogP contribution >= 0.6 is 0 Å². The van der Waals surface area contributed by atoms with Gasteiger partial charge in [0.1, 0.15) is 0 Å². The average Bonchev–Trinajstić information content (AvgIpc) is 2.45. The van der Waals surface area contributed by atoms with Gasteiger partial charge in [-0.05, 0) is 33.6 Å². The number of hydrogen-bond acceptors (Lipinski definition) is 6. The first-order chi connectivity index (χ1) is 11.0. The molecule has 0 aliphatic carbocycles. The Balaban J connectivity index is 2.44. The lowest BCUT2D eigenvalue weighted by Gasteiger charge is -2.29. The third-order valence-corrected chi connectivity index (χ3v) is 4.88. The number of nitrogens with one attached hydrogen (secondary N) is 2. The molecule has 9 nitrogen and oxygen atoms in total. The smallest absolute Gasteiger partial charge is 0.321 e. The zero-order valence-corrected chi connectivity index (χ0v) is 15.2. The minimum Gasteiger partial charge on any atom is -0.452 e. The molecule has 1 fully saturated rings. The van der Waals surface area contributed by atoms with E-state index in [0.29, 0.717) is 12.8 Å². The largest absolute Gasteiger partial charge is 0.452 e. The van der Waals surface area contributed by atoms with Gasteiger partial charge in [-0.3, -0.25) is 14.9 Å². The number of urea groups is 1. The van der Waals surface area contributed by atoms with Crippen LogP contribution in [0.1, 0.15) is 33.6 Å². The van der Waals surface area contributed by atoms with Gasteiger partial charge < -0.3 is 10.1 Å². The standard InChI is InChI=1S/C14H25N3O6S/c1-9(2)15-14(20)16-12(18)10(3)23-13(19)11-5-7-17(8-6-11)24(4,21)22/h9-11H,5-8H2,1-4H3,(H2,15,16,18,20). The number of ether oxygens (including phenoxy) is 1. The fraction of sp³-hybridized carbons (Fsp3) is 0.786. The minimum atomic E-state index is -3.26. The first kappa shape index (κ1) is 20.4. The molecule has 1 unspecified atom stereocenters. The van der Waals surface area contributed by atoms with Gasteiger partial charge in [0.2, 0.25) is 10.0 Å². The maximum atomic E-state index is 12.1. The molecule has 0 saturated carbocycles. The van der Waals surface area contributed by atoms with Crippen molar-refractivity contribution in [1.82, 2.24) is 14.9 Å². The van der Waals surface area contributed by atoms with Gasteiger partial charge in [-0.25, -0.2) is 17.5 Å². The van der Waals surface area contributed by atoms with E-state index in [1.165, 1.54) is 11.2 Å². The molecule has 1 saturated heterocycles. The number of esters is 1. The van der Waals surface area contributed by atoms with Crippen molar-refractivity contribution in [3.8, 4) is 0 Å². The summed E-state index contributed by atoms with van der Waals surface area (Å²) in [6.45, 7) is 5.36. The van der Waals surface area contributed by atoms with E-state index in [4.69, 9.17) is 4.74 Å². The predicted octanol–water partition coefficient (Wildman–Crippen LogP) is -0.176. The first-order valence-electron chi connectivity index (χ1n) is 7.77. The topological polar surface area (TPSA) is 122 Å². The van der Waals surface area contributed by atoms with Crippen molar-refractivity contribution in [2.75, 3.05) is 19.3 Å². The van der Waals surface area contributed by atoms with E-state index in [9.17, 15) is 22.8 Å². The van der Waals surface area contributed by atoms with Crippen LogP contribution in [0.2, 0.25) is 0 Å². The highest BCUT2D eigenvalue weighted by Crippen LogP contribution is 2.20. The van der Waals surface area contributed by atoms with Crippen molar-refractivity contribution in [2.24, 2.45) is 5.92 Å². The summed E-state index contributed by atoms with van der Waals surface area (Å²) in [5.41, 5.74) is 0. The zero-order chi connectivity index (χ0) is 18.5. The van der Waals surface area contributed by atoms with E-state index in [1.54, 1.807) is 13.8 Å². The molecule has 2 N–H and O–H groups in total. The monoisotopic (exact) mass is 363 g/mol. The number of hydrogen-bond donors (Lipinski definition) is 2. The molecular formula is C14H25N3O6S. The Morgan fingerprint density at radius 1 is 1.12 bits per heavy atom. The number of carbonyl (C=O) groups excluding carboxylic acids is 3. The van der Waals surface area contributed by atoms with Gasteiger partial charge in [0, 0.05) is 19.1 Å². The normalized spacial score (nSPS) is 18.0. The summed E-state index contributed by atoms with van der Waals surface area (Å²) >= 11 is 0. The molecule has 3 amide bonds. The van der Waals surface area contributed by atoms with Crippen LogP contribution in [0.4, 0.5) is 4.79 Å².